The van der Waals surface area contributed by atoms with Gasteiger partial charge in [0.1, 0.15) is 29.3 Å². The molecule has 0 N–H and O–H groups in total. The molecule has 0 atom stereocenters. The first kappa shape index (κ1) is 27.2. The summed E-state index contributed by atoms with van der Waals surface area (Å²) in [6.07, 6.45) is 2.06. The summed E-state index contributed by atoms with van der Waals surface area (Å²) in [4.78, 5) is 16.6. The second-order valence-electron chi connectivity index (χ2n) is 9.52. The Bertz CT molecular complexity index is 1860. The van der Waals surface area contributed by atoms with Gasteiger partial charge in [-0.2, -0.15) is 0 Å². The van der Waals surface area contributed by atoms with Gasteiger partial charge in [-0.1, -0.05) is 57.9 Å². The van der Waals surface area contributed by atoms with E-state index in [-0.39, 0.29) is 12.2 Å². The number of oxazole rings is 1. The number of hydrogen-bond donors (Lipinski definition) is 0. The first-order valence-corrected chi connectivity index (χ1v) is 13.8. The van der Waals surface area contributed by atoms with Gasteiger partial charge in [-0.3, -0.25) is 0 Å². The van der Waals surface area contributed by atoms with Gasteiger partial charge < -0.3 is 18.4 Å². The van der Waals surface area contributed by atoms with Crippen LogP contribution in [0, 0.1) is 18.8 Å². The van der Waals surface area contributed by atoms with Gasteiger partial charge in [-0.15, -0.1) is 0 Å². The van der Waals surface area contributed by atoms with Crippen LogP contribution in [0.2, 0.25) is 15.1 Å². The zero-order chi connectivity index (χ0) is 28.7. The molecule has 3 aromatic carbocycles. The molecule has 2 aromatic heterocycles. The lowest BCUT2D eigenvalue weighted by Crippen LogP contribution is -2.02. The number of rotatable bonds is 6. The van der Waals surface area contributed by atoms with Gasteiger partial charge in [0.2, 0.25) is 0 Å². The summed E-state index contributed by atoms with van der Waals surface area (Å²) in [5, 5.41) is 5.67. The second-order valence-corrected chi connectivity index (χ2v) is 10.7. The maximum absolute atomic E-state index is 12.3. The second kappa shape index (κ2) is 11.1. The lowest BCUT2D eigenvalue weighted by molar-refractivity contribution is 0.0602. The van der Waals surface area contributed by atoms with Gasteiger partial charge in [-0.05, 0) is 49.2 Å². The molecule has 1 fully saturated rings. The van der Waals surface area contributed by atoms with Gasteiger partial charge >= 0.3 is 5.97 Å². The predicted octanol–water partition coefficient (Wildman–Crippen LogP) is 8.39. The summed E-state index contributed by atoms with van der Waals surface area (Å²) in [7, 11) is 1.31. The third-order valence-electron chi connectivity index (χ3n) is 6.64. The molecule has 0 saturated heterocycles. The fourth-order valence-corrected chi connectivity index (χ4v) is 5.30. The minimum Gasteiger partial charge on any atom is -0.489 e. The van der Waals surface area contributed by atoms with E-state index in [9.17, 15) is 4.79 Å². The number of ether oxygens (including phenoxy) is 2. The molecule has 0 amide bonds. The summed E-state index contributed by atoms with van der Waals surface area (Å²) in [6, 6.07) is 13.9. The van der Waals surface area contributed by atoms with Crippen LogP contribution in [0.4, 0.5) is 0 Å². The maximum Gasteiger partial charge on any atom is 0.340 e. The zero-order valence-electron chi connectivity index (χ0n) is 21.9. The largest absolute Gasteiger partial charge is 0.489 e. The van der Waals surface area contributed by atoms with E-state index in [2.05, 4.69) is 22.0 Å². The standard InChI is InChI=1S/C31H21Cl3N2O5/c1-16-35-28-21(31(37)38-2)12-17(13-26(28)40-16)6-7-18-10-11-20(14-25(18)34)39-15-22-29(36-41-30(22)19-8-9-19)27-23(32)4-3-5-24(27)33/h3-5,10-14,19H,8-9,15H2,1-2H3. The van der Waals surface area contributed by atoms with Gasteiger partial charge in [0.05, 0.1) is 33.3 Å². The molecule has 7 nitrogen and oxygen atoms in total. The Kier molecular flexibility index (Phi) is 7.39. The third kappa shape index (κ3) is 5.51. The molecular formula is C31H21Cl3N2O5. The third-order valence-corrected chi connectivity index (χ3v) is 7.58. The van der Waals surface area contributed by atoms with E-state index < -0.39 is 5.97 Å². The average Bonchev–Trinajstić information content (AvgIpc) is 3.60. The molecule has 5 aromatic rings. The molecule has 0 unspecified atom stereocenters. The predicted molar refractivity (Wildman–Crippen MR) is 156 cm³/mol. The number of halogens is 3. The summed E-state index contributed by atoms with van der Waals surface area (Å²) in [5.74, 6) is 7.64. The fourth-order valence-electron chi connectivity index (χ4n) is 4.51. The Balaban J connectivity index is 1.25. The molecule has 6 rings (SSSR count). The normalized spacial score (nSPS) is 12.7. The highest BCUT2D eigenvalue weighted by molar-refractivity contribution is 6.39. The summed E-state index contributed by atoms with van der Waals surface area (Å²) < 4.78 is 22.4. The first-order chi connectivity index (χ1) is 19.8. The summed E-state index contributed by atoms with van der Waals surface area (Å²) in [5.41, 5.74) is 4.28. The van der Waals surface area contributed by atoms with Crippen LogP contribution in [0.1, 0.15) is 57.5 Å². The fraction of sp³-hybridized carbons (Fsp3) is 0.194. The number of aromatic nitrogens is 2. The molecule has 0 spiro atoms. The van der Waals surface area contributed by atoms with E-state index in [1.807, 2.05) is 0 Å². The number of aryl methyl sites for hydroxylation is 1. The Morgan fingerprint density at radius 2 is 1.83 bits per heavy atom. The first-order valence-electron chi connectivity index (χ1n) is 12.7. The highest BCUT2D eigenvalue weighted by Gasteiger charge is 2.33. The van der Waals surface area contributed by atoms with Crippen molar-refractivity contribution in [3.8, 4) is 28.8 Å². The van der Waals surface area contributed by atoms with E-state index >= 15 is 0 Å². The Labute approximate surface area is 250 Å². The average molecular weight is 608 g/mol. The van der Waals surface area contributed by atoms with E-state index in [4.69, 9.17) is 53.2 Å². The van der Waals surface area contributed by atoms with Crippen molar-refractivity contribution >= 4 is 51.9 Å². The SMILES string of the molecule is COC(=O)c1cc(C#Cc2ccc(OCc3c(-c4c(Cl)cccc4Cl)noc3C3CC3)cc2Cl)cc2oc(C)nc12. The van der Waals surface area contributed by atoms with Gasteiger partial charge in [-0.25, -0.2) is 9.78 Å². The number of methoxy groups -OCH3 is 1. The van der Waals surface area contributed by atoms with Crippen LogP contribution in [-0.4, -0.2) is 23.2 Å². The minimum absolute atomic E-state index is 0.195. The summed E-state index contributed by atoms with van der Waals surface area (Å²) in [6.45, 7) is 1.90. The molecule has 1 aliphatic rings. The van der Waals surface area contributed by atoms with E-state index in [0.717, 1.165) is 24.2 Å². The van der Waals surface area contributed by atoms with Crippen LogP contribution in [0.3, 0.4) is 0 Å². The molecule has 0 bridgehead atoms. The van der Waals surface area contributed by atoms with Crippen LogP contribution in [0.5, 0.6) is 5.75 Å². The van der Waals surface area contributed by atoms with Crippen LogP contribution in [-0.2, 0) is 11.3 Å². The number of nitrogens with zero attached hydrogens (tertiary/aromatic N) is 2. The van der Waals surface area contributed by atoms with E-state index in [0.29, 0.717) is 66.1 Å². The molecule has 1 saturated carbocycles. The number of carbonyl (C=O) groups is 1. The Hall–Kier alpha value is -3.96. The van der Waals surface area contributed by atoms with Gasteiger partial charge in [0, 0.05) is 35.6 Å². The number of benzene rings is 3. The van der Waals surface area contributed by atoms with Crippen molar-refractivity contribution in [1.29, 1.82) is 0 Å². The van der Waals surface area contributed by atoms with Crippen molar-refractivity contribution in [3.63, 3.8) is 0 Å². The minimum atomic E-state index is -0.524. The molecule has 206 valence electrons. The van der Waals surface area contributed by atoms with Gasteiger partial charge in [0.15, 0.2) is 11.5 Å². The van der Waals surface area contributed by atoms with Crippen LogP contribution < -0.4 is 4.74 Å². The topological polar surface area (TPSA) is 87.6 Å². The lowest BCUT2D eigenvalue weighted by atomic mass is 10.0. The molecule has 0 radical (unpaired) electrons. The highest BCUT2D eigenvalue weighted by Crippen LogP contribution is 2.46. The van der Waals surface area contributed by atoms with Crippen LogP contribution in [0.25, 0.3) is 22.4 Å². The maximum atomic E-state index is 12.3. The van der Waals surface area contributed by atoms with Crippen LogP contribution in [0.15, 0.2) is 57.5 Å². The van der Waals surface area contributed by atoms with Crippen molar-refractivity contribution in [2.75, 3.05) is 7.11 Å². The van der Waals surface area contributed by atoms with Gasteiger partial charge in [0.25, 0.3) is 0 Å². The van der Waals surface area contributed by atoms with Crippen molar-refractivity contribution in [3.05, 3.63) is 97.5 Å². The molecular weight excluding hydrogens is 587 g/mol. The Morgan fingerprint density at radius 1 is 1.05 bits per heavy atom. The summed E-state index contributed by atoms with van der Waals surface area (Å²) >= 11 is 19.5. The number of carbonyl (C=O) groups excluding carboxylic acids is 1. The Morgan fingerprint density at radius 3 is 2.54 bits per heavy atom. The quantitative estimate of drug-likeness (QED) is 0.141. The molecule has 1 aliphatic carbocycles. The smallest absolute Gasteiger partial charge is 0.340 e. The number of fused-ring (bicyclic) bond motifs is 1. The van der Waals surface area contributed by atoms with Crippen molar-refractivity contribution < 1.29 is 23.2 Å². The van der Waals surface area contributed by atoms with Crippen molar-refractivity contribution in [2.24, 2.45) is 0 Å². The zero-order valence-corrected chi connectivity index (χ0v) is 24.2. The molecule has 0 aliphatic heterocycles. The number of hydrogen-bond acceptors (Lipinski definition) is 7. The van der Waals surface area contributed by atoms with Crippen molar-refractivity contribution in [1.82, 2.24) is 10.1 Å². The van der Waals surface area contributed by atoms with E-state index in [1.54, 1.807) is 55.5 Å². The molecule has 2 heterocycles. The lowest BCUT2D eigenvalue weighted by Gasteiger charge is -2.10. The van der Waals surface area contributed by atoms with E-state index in [1.165, 1.54) is 7.11 Å². The number of esters is 1. The van der Waals surface area contributed by atoms with Crippen molar-refractivity contribution in [2.45, 2.75) is 32.3 Å². The van der Waals surface area contributed by atoms with Crippen LogP contribution >= 0.6 is 34.8 Å². The monoisotopic (exact) mass is 606 g/mol. The highest BCUT2D eigenvalue weighted by atomic mass is 35.5. The molecule has 41 heavy (non-hydrogen) atoms. The molecule has 10 heteroatoms.